The third-order valence-corrected chi connectivity index (χ3v) is 3.65. The predicted molar refractivity (Wildman–Crippen MR) is 68.1 cm³/mol. The summed E-state index contributed by atoms with van der Waals surface area (Å²) in [5, 5.41) is 0.668. The molecule has 0 saturated carbocycles. The molecule has 3 heteroatoms. The van der Waals surface area contributed by atoms with Crippen LogP contribution in [0.3, 0.4) is 0 Å². The van der Waals surface area contributed by atoms with Gasteiger partial charge in [-0.15, -0.1) is 0 Å². The fourth-order valence-corrected chi connectivity index (χ4v) is 2.12. The number of halogens is 1. The van der Waals surface area contributed by atoms with Crippen LogP contribution in [-0.2, 0) is 0 Å². The van der Waals surface area contributed by atoms with Gasteiger partial charge >= 0.3 is 0 Å². The minimum absolute atomic E-state index is 0.162. The number of ketones is 1. The number of carbonyl (C=O) groups is 1. The SMILES string of the molecule is CCCSCC(=O)c1ccc(C)c(Cl)c1. The summed E-state index contributed by atoms with van der Waals surface area (Å²) in [5.74, 6) is 1.74. The van der Waals surface area contributed by atoms with E-state index in [1.54, 1.807) is 17.8 Å². The third-order valence-electron chi connectivity index (χ3n) is 2.08. The van der Waals surface area contributed by atoms with E-state index in [1.165, 1.54) is 0 Å². The van der Waals surface area contributed by atoms with Gasteiger partial charge in [0.05, 0.1) is 5.75 Å². The van der Waals surface area contributed by atoms with Crippen LogP contribution in [0.1, 0.15) is 29.3 Å². The van der Waals surface area contributed by atoms with Gasteiger partial charge in [0.15, 0.2) is 5.78 Å². The summed E-state index contributed by atoms with van der Waals surface area (Å²) in [5.41, 5.74) is 1.73. The second kappa shape index (κ2) is 6.19. The zero-order valence-corrected chi connectivity index (χ0v) is 10.6. The van der Waals surface area contributed by atoms with Crippen molar-refractivity contribution in [1.82, 2.24) is 0 Å². The maximum absolute atomic E-state index is 11.7. The highest BCUT2D eigenvalue weighted by atomic mass is 35.5. The number of hydrogen-bond acceptors (Lipinski definition) is 2. The van der Waals surface area contributed by atoms with Gasteiger partial charge in [0.1, 0.15) is 0 Å². The van der Waals surface area contributed by atoms with Crippen LogP contribution in [0.4, 0.5) is 0 Å². The highest BCUT2D eigenvalue weighted by molar-refractivity contribution is 7.99. The molecule has 82 valence electrons. The molecule has 1 aromatic rings. The summed E-state index contributed by atoms with van der Waals surface area (Å²) in [6.45, 7) is 4.04. The van der Waals surface area contributed by atoms with E-state index < -0.39 is 0 Å². The number of aryl methyl sites for hydroxylation is 1. The van der Waals surface area contributed by atoms with E-state index in [-0.39, 0.29) is 5.78 Å². The molecule has 0 aliphatic rings. The van der Waals surface area contributed by atoms with Crippen molar-refractivity contribution in [3.63, 3.8) is 0 Å². The van der Waals surface area contributed by atoms with Crippen molar-refractivity contribution in [1.29, 1.82) is 0 Å². The summed E-state index contributed by atoms with van der Waals surface area (Å²) in [6.07, 6.45) is 1.10. The molecule has 0 saturated heterocycles. The molecule has 0 radical (unpaired) electrons. The van der Waals surface area contributed by atoms with Gasteiger partial charge in [0, 0.05) is 10.6 Å². The second-order valence-electron chi connectivity index (χ2n) is 3.44. The van der Waals surface area contributed by atoms with Crippen molar-refractivity contribution < 1.29 is 4.79 Å². The van der Waals surface area contributed by atoms with Gasteiger partial charge in [0.25, 0.3) is 0 Å². The number of benzene rings is 1. The maximum Gasteiger partial charge on any atom is 0.172 e. The topological polar surface area (TPSA) is 17.1 Å². The summed E-state index contributed by atoms with van der Waals surface area (Å²) >= 11 is 7.63. The van der Waals surface area contributed by atoms with Crippen molar-refractivity contribution in [3.05, 3.63) is 34.3 Å². The molecule has 0 spiro atoms. The van der Waals surface area contributed by atoms with Crippen LogP contribution in [0.2, 0.25) is 5.02 Å². The zero-order chi connectivity index (χ0) is 11.3. The standard InChI is InChI=1S/C12H15ClOS/c1-3-6-15-8-12(14)10-5-4-9(2)11(13)7-10/h4-5,7H,3,6,8H2,1-2H3. The quantitative estimate of drug-likeness (QED) is 0.574. The Kier molecular flexibility index (Phi) is 5.20. The molecule has 1 nitrogen and oxygen atoms in total. The molecule has 0 aliphatic heterocycles. The minimum atomic E-state index is 0.162. The molecule has 0 unspecified atom stereocenters. The fourth-order valence-electron chi connectivity index (χ4n) is 1.16. The van der Waals surface area contributed by atoms with Crippen molar-refractivity contribution in [2.24, 2.45) is 0 Å². The van der Waals surface area contributed by atoms with Crippen LogP contribution in [0.15, 0.2) is 18.2 Å². The van der Waals surface area contributed by atoms with Gasteiger partial charge in [-0.3, -0.25) is 4.79 Å². The lowest BCUT2D eigenvalue weighted by Gasteiger charge is -2.03. The predicted octanol–water partition coefficient (Wildman–Crippen LogP) is 3.97. The Hall–Kier alpha value is -0.470. The summed E-state index contributed by atoms with van der Waals surface area (Å²) in [6, 6.07) is 5.49. The van der Waals surface area contributed by atoms with Gasteiger partial charge in [-0.1, -0.05) is 30.7 Å². The highest BCUT2D eigenvalue weighted by Gasteiger charge is 2.06. The molecule has 0 amide bonds. The van der Waals surface area contributed by atoms with E-state index in [1.807, 2.05) is 19.1 Å². The molecule has 0 fully saturated rings. The number of thioether (sulfide) groups is 1. The Bertz CT molecular complexity index is 349. The Morgan fingerprint density at radius 3 is 2.80 bits per heavy atom. The van der Waals surface area contributed by atoms with Crippen LogP contribution in [0.5, 0.6) is 0 Å². The molecular formula is C12H15ClOS. The first kappa shape index (κ1) is 12.6. The first-order valence-electron chi connectivity index (χ1n) is 5.02. The zero-order valence-electron chi connectivity index (χ0n) is 9.05. The molecule has 1 aromatic carbocycles. The normalized spacial score (nSPS) is 10.3. The van der Waals surface area contributed by atoms with Gasteiger partial charge in [-0.2, -0.15) is 11.8 Å². The lowest BCUT2D eigenvalue weighted by Crippen LogP contribution is -2.03. The van der Waals surface area contributed by atoms with Gasteiger partial charge < -0.3 is 0 Å². The van der Waals surface area contributed by atoms with E-state index in [9.17, 15) is 4.79 Å². The fraction of sp³-hybridized carbons (Fsp3) is 0.417. The largest absolute Gasteiger partial charge is 0.293 e. The molecule has 0 aromatic heterocycles. The van der Waals surface area contributed by atoms with Crippen molar-refractivity contribution >= 4 is 29.1 Å². The Morgan fingerprint density at radius 1 is 1.47 bits per heavy atom. The highest BCUT2D eigenvalue weighted by Crippen LogP contribution is 2.18. The monoisotopic (exact) mass is 242 g/mol. The number of Topliss-reactive ketones (excluding diaryl/α,β-unsaturated/α-hetero) is 1. The second-order valence-corrected chi connectivity index (χ2v) is 4.95. The number of rotatable bonds is 5. The Balaban J connectivity index is 2.62. The van der Waals surface area contributed by atoms with E-state index in [0.29, 0.717) is 16.3 Å². The van der Waals surface area contributed by atoms with Crippen LogP contribution < -0.4 is 0 Å². The van der Waals surface area contributed by atoms with Crippen LogP contribution in [-0.4, -0.2) is 17.3 Å². The van der Waals surface area contributed by atoms with E-state index in [0.717, 1.165) is 17.7 Å². The first-order chi connectivity index (χ1) is 7.15. The molecule has 0 heterocycles. The Labute approximate surface area is 100 Å². The van der Waals surface area contributed by atoms with Crippen molar-refractivity contribution in [2.75, 3.05) is 11.5 Å². The summed E-state index contributed by atoms with van der Waals surface area (Å²) in [7, 11) is 0. The number of hydrogen-bond donors (Lipinski definition) is 0. The van der Waals surface area contributed by atoms with Crippen LogP contribution in [0.25, 0.3) is 0 Å². The van der Waals surface area contributed by atoms with Crippen LogP contribution >= 0.6 is 23.4 Å². The van der Waals surface area contributed by atoms with Crippen molar-refractivity contribution in [2.45, 2.75) is 20.3 Å². The third kappa shape index (κ3) is 3.88. The van der Waals surface area contributed by atoms with Gasteiger partial charge in [-0.25, -0.2) is 0 Å². The maximum atomic E-state index is 11.7. The molecule has 0 N–H and O–H groups in total. The molecule has 1 rings (SSSR count). The van der Waals surface area contributed by atoms with Gasteiger partial charge in [-0.05, 0) is 30.7 Å². The van der Waals surface area contributed by atoms with Crippen molar-refractivity contribution in [3.8, 4) is 0 Å². The number of carbonyl (C=O) groups excluding carboxylic acids is 1. The average Bonchev–Trinajstić information content (AvgIpc) is 2.22. The first-order valence-corrected chi connectivity index (χ1v) is 6.55. The van der Waals surface area contributed by atoms with E-state index in [2.05, 4.69) is 6.92 Å². The molecule has 0 bridgehead atoms. The smallest absolute Gasteiger partial charge is 0.172 e. The van der Waals surface area contributed by atoms with Gasteiger partial charge in [0.2, 0.25) is 0 Å². The molecular weight excluding hydrogens is 228 g/mol. The summed E-state index contributed by atoms with van der Waals surface area (Å²) < 4.78 is 0. The molecule has 0 atom stereocenters. The molecule has 0 aliphatic carbocycles. The molecule has 15 heavy (non-hydrogen) atoms. The minimum Gasteiger partial charge on any atom is -0.293 e. The lowest BCUT2D eigenvalue weighted by atomic mass is 10.1. The van der Waals surface area contributed by atoms with E-state index in [4.69, 9.17) is 11.6 Å². The Morgan fingerprint density at radius 2 is 2.20 bits per heavy atom. The average molecular weight is 243 g/mol. The summed E-state index contributed by atoms with van der Waals surface area (Å²) in [4.78, 5) is 11.7. The lowest BCUT2D eigenvalue weighted by molar-refractivity contribution is 0.102. The van der Waals surface area contributed by atoms with E-state index >= 15 is 0 Å². The van der Waals surface area contributed by atoms with Crippen LogP contribution in [0, 0.1) is 6.92 Å².